The molecule has 0 radical (unpaired) electrons. The number of unbranched alkanes of at least 4 members (excludes halogenated alkanes) is 1. The summed E-state index contributed by atoms with van der Waals surface area (Å²) in [7, 11) is 0. The number of carbonyl (C=O) groups is 3. The van der Waals surface area contributed by atoms with Gasteiger partial charge in [-0.25, -0.2) is 8.78 Å². The number of carbonyl (C=O) groups excluding carboxylic acids is 3. The summed E-state index contributed by atoms with van der Waals surface area (Å²) in [6.45, 7) is 20.1. The number of nitrogens with zero attached hydrogens (tertiary/aromatic N) is 4. The molecule has 3 N–H and O–H groups in total. The van der Waals surface area contributed by atoms with Gasteiger partial charge in [0, 0.05) is 71.3 Å². The molecule has 336 valence electrons. The molecule has 0 aliphatic carbocycles. The first kappa shape index (κ1) is 55.2. The number of halogens is 3. The van der Waals surface area contributed by atoms with Gasteiger partial charge in [-0.3, -0.25) is 34.3 Å². The summed E-state index contributed by atoms with van der Waals surface area (Å²) in [5, 5.41) is 16.1. The topological polar surface area (TPSA) is 156 Å². The van der Waals surface area contributed by atoms with E-state index in [2.05, 4.69) is 60.3 Å². The number of amides is 2. The number of ketones is 1. The van der Waals surface area contributed by atoms with E-state index < -0.39 is 22.8 Å². The number of nitrogens with one attached hydrogen (secondary N) is 2. The van der Waals surface area contributed by atoms with Crippen molar-refractivity contribution in [1.29, 1.82) is 0 Å². The van der Waals surface area contributed by atoms with Crippen molar-refractivity contribution in [2.24, 2.45) is 10.8 Å². The second-order valence-corrected chi connectivity index (χ2v) is 17.3. The second-order valence-electron chi connectivity index (χ2n) is 16.5. The van der Waals surface area contributed by atoms with E-state index in [1.54, 1.807) is 88.0 Å². The van der Waals surface area contributed by atoms with Crippen molar-refractivity contribution >= 4 is 67.0 Å². The number of fused-ring (bicyclic) bond motifs is 2. The van der Waals surface area contributed by atoms with E-state index in [4.69, 9.17) is 4.74 Å². The van der Waals surface area contributed by atoms with Crippen LogP contribution in [-0.2, 0) is 14.3 Å². The first-order valence-electron chi connectivity index (χ1n) is 20.6. The molecule has 4 aromatic carbocycles. The summed E-state index contributed by atoms with van der Waals surface area (Å²) >= 11 is 3.06. The van der Waals surface area contributed by atoms with Crippen molar-refractivity contribution in [3.63, 3.8) is 0 Å². The van der Waals surface area contributed by atoms with Crippen LogP contribution in [0.2, 0.25) is 0 Å². The van der Waals surface area contributed by atoms with Gasteiger partial charge in [0.1, 0.15) is 17.7 Å². The molecule has 3 heterocycles. The molecule has 1 atom stereocenters. The Hall–Kier alpha value is -4.97. The van der Waals surface area contributed by atoms with E-state index in [-0.39, 0.29) is 47.8 Å². The van der Waals surface area contributed by atoms with Crippen LogP contribution in [0, 0.1) is 29.4 Å². The Balaban J connectivity index is 0.000000315. The van der Waals surface area contributed by atoms with Gasteiger partial charge in [-0.2, -0.15) is 6.42 Å². The summed E-state index contributed by atoms with van der Waals surface area (Å²) in [5.41, 5.74) is 4.11. The molecule has 2 aromatic heterocycles. The van der Waals surface area contributed by atoms with Crippen molar-refractivity contribution in [2.45, 2.75) is 87.2 Å². The smallest absolute Gasteiger partial charge is 0.384 e. The molecule has 0 spiro atoms. The zero-order chi connectivity index (χ0) is 46.7. The van der Waals surface area contributed by atoms with Gasteiger partial charge < -0.3 is 27.4 Å². The van der Waals surface area contributed by atoms with Crippen molar-refractivity contribution in [1.82, 2.24) is 19.9 Å². The number of aromatic nitrogens is 4. The third-order valence-corrected chi connectivity index (χ3v) is 9.56. The molecule has 1 fully saturated rings. The maximum Gasteiger partial charge on any atom is 1.00 e. The van der Waals surface area contributed by atoms with Crippen molar-refractivity contribution in [3.8, 4) is 0 Å². The van der Waals surface area contributed by atoms with Crippen LogP contribution in [-0.4, -0.2) is 55.9 Å². The first-order chi connectivity index (χ1) is 29.7. The molecule has 2 amide bonds. The number of aliphatic hydroxyl groups is 1. The van der Waals surface area contributed by atoms with E-state index in [9.17, 15) is 28.3 Å². The van der Waals surface area contributed by atoms with Gasteiger partial charge in [-0.1, -0.05) is 61.0 Å². The predicted octanol–water partition coefficient (Wildman–Crippen LogP) is 8.66. The summed E-state index contributed by atoms with van der Waals surface area (Å²) in [4.78, 5) is 51.4. The van der Waals surface area contributed by atoms with Crippen LogP contribution in [0.5, 0.6) is 0 Å². The molecule has 6 aromatic rings. The number of anilines is 2. The summed E-state index contributed by atoms with van der Waals surface area (Å²) in [6.07, 6.45) is 10.0. The van der Waals surface area contributed by atoms with Gasteiger partial charge in [0.25, 0.3) is 0 Å². The molecular formula is C49H58BrF2LiN6O5. The normalized spacial score (nSPS) is 12.3. The third kappa shape index (κ3) is 18.3. The number of ether oxygens (including phenoxy) is 1. The van der Waals surface area contributed by atoms with Crippen LogP contribution >= 0.6 is 15.9 Å². The Bertz CT molecular complexity index is 2430. The van der Waals surface area contributed by atoms with Gasteiger partial charge in [0.05, 0.1) is 26.5 Å². The minimum atomic E-state index is -1.19. The molecule has 15 heteroatoms. The minimum Gasteiger partial charge on any atom is -0.384 e. The second kappa shape index (κ2) is 26.7. The number of aliphatic hydroxyl groups excluding tert-OH is 1. The maximum atomic E-state index is 14.3. The van der Waals surface area contributed by atoms with E-state index in [1.165, 1.54) is 56.5 Å². The van der Waals surface area contributed by atoms with Crippen LogP contribution in [0.1, 0.15) is 109 Å². The molecule has 0 saturated carbocycles. The van der Waals surface area contributed by atoms with Gasteiger partial charge >= 0.3 is 18.9 Å². The van der Waals surface area contributed by atoms with E-state index in [0.29, 0.717) is 38.0 Å². The molecule has 7 rings (SSSR count). The zero-order valence-corrected chi connectivity index (χ0v) is 39.9. The molecule has 1 aliphatic heterocycles. The fraction of sp³-hybridized carbons (Fsp3) is 0.347. The minimum absolute atomic E-state index is 0. The van der Waals surface area contributed by atoms with E-state index in [1.807, 2.05) is 20.8 Å². The van der Waals surface area contributed by atoms with Gasteiger partial charge in [0.2, 0.25) is 11.8 Å². The number of Topliss-reactive ketones (excluding diaryl/α,β-unsaturated/α-hetero) is 1. The quantitative estimate of drug-likeness (QED) is 0.0846. The Morgan fingerprint density at radius 2 is 1.17 bits per heavy atom. The van der Waals surface area contributed by atoms with Crippen molar-refractivity contribution in [3.05, 3.63) is 137 Å². The van der Waals surface area contributed by atoms with Gasteiger partial charge in [-0.05, 0) is 108 Å². The van der Waals surface area contributed by atoms with Crippen LogP contribution < -0.4 is 29.5 Å². The maximum absolute atomic E-state index is 14.3. The summed E-state index contributed by atoms with van der Waals surface area (Å²) in [5.74, 6) is -1.13. The number of rotatable bonds is 6. The average molecular weight is 936 g/mol. The standard InChI is InChI=1S/C20H20FN3O2.C11H13BrFNO.C10H8N2O.C4H8O.C4H9.Li/c1-20(2,3)19(26)24-13-5-6-15(21)14(11-13)18(25)12-4-7-16-17(10-12)23-9-8-22-16;1-11(2,3)10(15)14-7-4-5-9(13)8(12)6-7;1-7(13)8-2-3-9-10(6-8)12-5-4-11-9;1-2-4-5-3-1;1-3-4-2;/h4-11,18,25H,1-3H3,(H,24,26);4-6H,1-3H3,(H,14,15);2-6H,1H3;1-4H2;1,3-4H2,2H3;/q;;;;-1;+1. The molecule has 1 unspecified atom stereocenters. The van der Waals surface area contributed by atoms with Crippen LogP contribution in [0.3, 0.4) is 0 Å². The molecule has 64 heavy (non-hydrogen) atoms. The number of hydrogen-bond acceptors (Lipinski definition) is 9. The first-order valence-corrected chi connectivity index (χ1v) is 21.4. The van der Waals surface area contributed by atoms with Crippen LogP contribution in [0.25, 0.3) is 22.1 Å². The molecule has 1 aliphatic rings. The Labute approximate surface area is 396 Å². The number of hydrogen-bond donors (Lipinski definition) is 3. The fourth-order valence-electron chi connectivity index (χ4n) is 5.06. The predicted molar refractivity (Wildman–Crippen MR) is 250 cm³/mol. The van der Waals surface area contributed by atoms with Gasteiger partial charge in [0.15, 0.2) is 5.78 Å². The number of benzene rings is 4. The molecule has 1 saturated heterocycles. The largest absolute Gasteiger partial charge is 1.00 e. The summed E-state index contributed by atoms with van der Waals surface area (Å²) < 4.78 is 32.5. The van der Waals surface area contributed by atoms with E-state index >= 15 is 0 Å². The van der Waals surface area contributed by atoms with Gasteiger partial charge in [-0.15, -0.1) is 0 Å². The SMILES string of the molecule is C1CCOC1.CC(=O)c1ccc2nccnc2c1.CC(C)(C)C(=O)Nc1ccc(F)c(Br)c1.CC(C)(C)C(=O)Nc1ccc(F)c(C(O)c2ccc3nccnc3c2)c1.[CH2-]CCC.[Li+]. The van der Waals surface area contributed by atoms with E-state index in [0.717, 1.165) is 30.7 Å². The Morgan fingerprint density at radius 3 is 1.61 bits per heavy atom. The molecule has 11 nitrogen and oxygen atoms in total. The van der Waals surface area contributed by atoms with Crippen LogP contribution in [0.15, 0.2) is 102 Å². The summed E-state index contributed by atoms with van der Waals surface area (Å²) in [6, 6.07) is 18.9. The Morgan fingerprint density at radius 1 is 0.719 bits per heavy atom. The monoisotopic (exact) mass is 934 g/mol. The fourth-order valence-corrected chi connectivity index (χ4v) is 5.44. The average Bonchev–Trinajstić information content (AvgIpc) is 3.86. The van der Waals surface area contributed by atoms with Crippen molar-refractivity contribution < 1.29 is 51.9 Å². The van der Waals surface area contributed by atoms with Crippen LogP contribution in [0.4, 0.5) is 20.2 Å². The molecular weight excluding hydrogens is 877 g/mol. The third-order valence-electron chi connectivity index (χ3n) is 8.95. The Kier molecular flexibility index (Phi) is 23.0. The zero-order valence-electron chi connectivity index (χ0n) is 38.3. The van der Waals surface area contributed by atoms with Crippen molar-refractivity contribution in [2.75, 3.05) is 23.8 Å². The molecule has 0 bridgehead atoms.